The lowest BCUT2D eigenvalue weighted by molar-refractivity contribution is -0.128. The van der Waals surface area contributed by atoms with Gasteiger partial charge in [-0.1, -0.05) is 54.1 Å². The Bertz CT molecular complexity index is 1550. The quantitative estimate of drug-likeness (QED) is 0.287. The molecule has 1 amide bonds. The molecule has 0 radical (unpaired) electrons. The highest BCUT2D eigenvalue weighted by molar-refractivity contribution is 6.03. The molecule has 0 spiro atoms. The summed E-state index contributed by atoms with van der Waals surface area (Å²) < 4.78 is 11.7. The van der Waals surface area contributed by atoms with E-state index in [0.29, 0.717) is 25.2 Å². The second-order valence-corrected chi connectivity index (χ2v) is 13.1. The van der Waals surface area contributed by atoms with Crippen LogP contribution in [0.4, 0.5) is 0 Å². The first-order chi connectivity index (χ1) is 21.8. The molecule has 7 heteroatoms. The van der Waals surface area contributed by atoms with Crippen LogP contribution in [0.15, 0.2) is 66.2 Å². The van der Waals surface area contributed by atoms with Crippen molar-refractivity contribution in [3.8, 4) is 11.5 Å². The monoisotopic (exact) mass is 608 g/mol. The molecule has 0 unspecified atom stereocenters. The Morgan fingerprint density at radius 3 is 2.49 bits per heavy atom. The van der Waals surface area contributed by atoms with Gasteiger partial charge in [0.25, 0.3) is 5.91 Å². The molecular formula is C38H48N4O3. The largest absolute Gasteiger partial charge is 0.496 e. The summed E-state index contributed by atoms with van der Waals surface area (Å²) in [7, 11) is 3.84. The summed E-state index contributed by atoms with van der Waals surface area (Å²) in [6.45, 7) is 10.9. The van der Waals surface area contributed by atoms with Crippen LogP contribution in [0.5, 0.6) is 11.5 Å². The summed E-state index contributed by atoms with van der Waals surface area (Å²) >= 11 is 0. The molecule has 3 aliphatic rings. The van der Waals surface area contributed by atoms with Gasteiger partial charge < -0.3 is 25.0 Å². The van der Waals surface area contributed by atoms with Crippen LogP contribution in [0.2, 0.25) is 0 Å². The van der Waals surface area contributed by atoms with Crippen LogP contribution in [0.1, 0.15) is 52.6 Å². The fraction of sp³-hybridized carbons (Fsp3) is 0.447. The van der Waals surface area contributed by atoms with E-state index in [0.717, 1.165) is 79.2 Å². The molecule has 2 atom stereocenters. The molecule has 45 heavy (non-hydrogen) atoms. The summed E-state index contributed by atoms with van der Waals surface area (Å²) in [6.07, 6.45) is 2.97. The van der Waals surface area contributed by atoms with Gasteiger partial charge in [-0.3, -0.25) is 9.69 Å². The van der Waals surface area contributed by atoms with Crippen molar-refractivity contribution in [3.05, 3.63) is 99.6 Å². The van der Waals surface area contributed by atoms with Gasteiger partial charge in [-0.25, -0.2) is 0 Å². The van der Waals surface area contributed by atoms with Gasteiger partial charge in [0, 0.05) is 50.4 Å². The highest BCUT2D eigenvalue weighted by atomic mass is 16.5. The molecule has 0 aromatic heterocycles. The van der Waals surface area contributed by atoms with Crippen molar-refractivity contribution in [2.75, 3.05) is 40.4 Å². The summed E-state index contributed by atoms with van der Waals surface area (Å²) in [6, 6.07) is 22.0. The molecule has 2 aliphatic heterocycles. The van der Waals surface area contributed by atoms with E-state index in [4.69, 9.17) is 9.47 Å². The fourth-order valence-electron chi connectivity index (χ4n) is 6.86. The van der Waals surface area contributed by atoms with Crippen LogP contribution in [0.25, 0.3) is 5.57 Å². The zero-order valence-electron chi connectivity index (χ0n) is 27.5. The van der Waals surface area contributed by atoms with Crippen molar-refractivity contribution in [2.24, 2.45) is 0 Å². The molecule has 2 heterocycles. The molecule has 2 bridgehead atoms. The van der Waals surface area contributed by atoms with Crippen LogP contribution in [-0.2, 0) is 17.9 Å². The number of piperazine rings is 1. The summed E-state index contributed by atoms with van der Waals surface area (Å²) in [4.78, 5) is 19.0. The van der Waals surface area contributed by atoms with Gasteiger partial charge in [0.2, 0.25) is 0 Å². The second kappa shape index (κ2) is 13.8. The lowest BCUT2D eigenvalue weighted by Crippen LogP contribution is -2.60. The number of hydrogen-bond donors (Lipinski definition) is 2. The fourth-order valence-corrected chi connectivity index (χ4v) is 6.86. The Labute approximate surface area is 268 Å². The smallest absolute Gasteiger partial charge is 0.252 e. The van der Waals surface area contributed by atoms with Gasteiger partial charge in [0.1, 0.15) is 18.1 Å². The first kappa shape index (κ1) is 31.3. The van der Waals surface area contributed by atoms with E-state index >= 15 is 0 Å². The van der Waals surface area contributed by atoms with Crippen molar-refractivity contribution in [1.29, 1.82) is 0 Å². The van der Waals surface area contributed by atoms with Crippen molar-refractivity contribution >= 4 is 11.5 Å². The molecule has 3 aromatic rings. The number of aryl methyl sites for hydroxylation is 2. The number of hydrogen-bond acceptors (Lipinski definition) is 6. The minimum absolute atomic E-state index is 0.00984. The predicted molar refractivity (Wildman–Crippen MR) is 181 cm³/mol. The topological polar surface area (TPSA) is 66.1 Å². The highest BCUT2D eigenvalue weighted by Crippen LogP contribution is 2.37. The molecular weight excluding hydrogens is 560 g/mol. The third-order valence-corrected chi connectivity index (χ3v) is 9.55. The third-order valence-electron chi connectivity index (χ3n) is 9.55. The zero-order valence-corrected chi connectivity index (χ0v) is 27.5. The van der Waals surface area contributed by atoms with Crippen LogP contribution in [0.3, 0.4) is 0 Å². The summed E-state index contributed by atoms with van der Waals surface area (Å²) in [5.41, 5.74) is 9.22. The van der Waals surface area contributed by atoms with Gasteiger partial charge in [-0.15, -0.1) is 0 Å². The SMILES string of the molecule is COc1cccc(CN(C(=O)C2=C(c3ccc(CN(C)CCOc4ccc(C)cc4C)cc3)C[C@H]3CNC[C@H]2N3)C2CC2)c1C. The number of methoxy groups -OCH3 is 1. The van der Waals surface area contributed by atoms with Gasteiger partial charge in [0.05, 0.1) is 13.2 Å². The molecule has 1 aliphatic carbocycles. The highest BCUT2D eigenvalue weighted by Gasteiger charge is 2.41. The number of nitrogens with zero attached hydrogens (tertiary/aromatic N) is 2. The normalized spacial score (nSPS) is 19.5. The van der Waals surface area contributed by atoms with E-state index in [1.165, 1.54) is 22.3 Å². The van der Waals surface area contributed by atoms with E-state index in [1.807, 2.05) is 12.1 Å². The minimum Gasteiger partial charge on any atom is -0.496 e. The number of likely N-dealkylation sites (N-methyl/N-ethyl adjacent to an activating group) is 1. The van der Waals surface area contributed by atoms with E-state index in [-0.39, 0.29) is 11.9 Å². The lowest BCUT2D eigenvalue weighted by atomic mass is 9.83. The van der Waals surface area contributed by atoms with Crippen LogP contribution in [-0.4, -0.2) is 74.2 Å². The molecule has 3 aromatic carbocycles. The Hall–Kier alpha value is -3.65. The Morgan fingerprint density at radius 1 is 0.956 bits per heavy atom. The van der Waals surface area contributed by atoms with Crippen LogP contribution >= 0.6 is 0 Å². The van der Waals surface area contributed by atoms with Crippen LogP contribution in [0, 0.1) is 20.8 Å². The van der Waals surface area contributed by atoms with Crippen molar-refractivity contribution in [2.45, 2.75) is 71.2 Å². The number of amides is 1. The van der Waals surface area contributed by atoms with Crippen molar-refractivity contribution in [1.82, 2.24) is 20.4 Å². The molecule has 6 rings (SSSR count). The summed E-state index contributed by atoms with van der Waals surface area (Å²) in [5.74, 6) is 1.99. The second-order valence-electron chi connectivity index (χ2n) is 13.1. The third kappa shape index (κ3) is 7.27. The van der Waals surface area contributed by atoms with Gasteiger partial charge in [-0.05, 0) is 92.6 Å². The molecule has 7 nitrogen and oxygen atoms in total. The number of carbonyl (C=O) groups is 1. The molecule has 2 fully saturated rings. The van der Waals surface area contributed by atoms with Crippen molar-refractivity contribution < 1.29 is 14.3 Å². The van der Waals surface area contributed by atoms with Gasteiger partial charge in [-0.2, -0.15) is 0 Å². The number of carbonyl (C=O) groups excluding carboxylic acids is 1. The first-order valence-electron chi connectivity index (χ1n) is 16.4. The van der Waals surface area contributed by atoms with Crippen LogP contribution < -0.4 is 20.1 Å². The van der Waals surface area contributed by atoms with E-state index in [9.17, 15) is 4.79 Å². The average molecular weight is 609 g/mol. The number of nitrogens with one attached hydrogen (secondary N) is 2. The van der Waals surface area contributed by atoms with Gasteiger partial charge in [0.15, 0.2) is 0 Å². The lowest BCUT2D eigenvalue weighted by Gasteiger charge is -2.41. The van der Waals surface area contributed by atoms with Crippen molar-refractivity contribution in [3.63, 3.8) is 0 Å². The standard InChI is InChI=1S/C38H48N4O3/c1-25-9-16-35(26(2)19-25)45-18-17-41(4)23-28-10-12-29(13-11-28)33-20-31-21-39-22-34(40-31)37(33)38(43)42(32-14-15-32)24-30-7-6-8-36(44-5)27(30)3/h6-13,16,19,31-32,34,39-40H,14-15,17-18,20-24H2,1-5H3/t31-,34+/m0/s1. The van der Waals surface area contributed by atoms with E-state index in [1.54, 1.807) is 7.11 Å². The Kier molecular flexibility index (Phi) is 9.59. The number of rotatable bonds is 12. The molecule has 1 saturated carbocycles. The Morgan fingerprint density at radius 2 is 1.76 bits per heavy atom. The first-order valence-corrected chi connectivity index (χ1v) is 16.4. The zero-order chi connectivity index (χ0) is 31.5. The average Bonchev–Trinajstić information content (AvgIpc) is 3.87. The molecule has 1 saturated heterocycles. The number of ether oxygens (including phenoxy) is 2. The molecule has 2 N–H and O–H groups in total. The van der Waals surface area contributed by atoms with E-state index in [2.05, 4.69) is 96.8 Å². The molecule has 238 valence electrons. The predicted octanol–water partition coefficient (Wildman–Crippen LogP) is 5.41. The number of fused-ring (bicyclic) bond motifs is 2. The van der Waals surface area contributed by atoms with Gasteiger partial charge >= 0.3 is 0 Å². The van der Waals surface area contributed by atoms with E-state index < -0.39 is 0 Å². The summed E-state index contributed by atoms with van der Waals surface area (Å²) in [5, 5.41) is 7.32. The number of benzene rings is 3. The minimum atomic E-state index is 0.00984. The Balaban J connectivity index is 1.18. The maximum atomic E-state index is 14.5. The maximum Gasteiger partial charge on any atom is 0.252 e. The maximum absolute atomic E-state index is 14.5.